The van der Waals surface area contributed by atoms with Crippen LogP contribution < -0.4 is 5.32 Å². The highest BCUT2D eigenvalue weighted by Gasteiger charge is 2.23. The van der Waals surface area contributed by atoms with E-state index in [1.807, 2.05) is 67.6 Å². The minimum absolute atomic E-state index is 0.107. The van der Waals surface area contributed by atoms with Gasteiger partial charge in [0.2, 0.25) is 11.8 Å². The first-order chi connectivity index (χ1) is 15.2. The van der Waals surface area contributed by atoms with Gasteiger partial charge in [-0.2, -0.15) is 5.10 Å². The van der Waals surface area contributed by atoms with Crippen molar-refractivity contribution in [1.82, 2.24) is 14.7 Å². The number of anilines is 1. The number of hydrogen-bond acceptors (Lipinski definition) is 3. The number of aromatic nitrogens is 2. The lowest BCUT2D eigenvalue weighted by Crippen LogP contribution is -2.38. The van der Waals surface area contributed by atoms with Gasteiger partial charge in [-0.3, -0.25) is 9.59 Å². The van der Waals surface area contributed by atoms with E-state index in [9.17, 15) is 9.59 Å². The summed E-state index contributed by atoms with van der Waals surface area (Å²) in [7, 11) is 0. The van der Waals surface area contributed by atoms with Crippen LogP contribution in [0.2, 0.25) is 0 Å². The van der Waals surface area contributed by atoms with Gasteiger partial charge in [-0.25, -0.2) is 4.68 Å². The molecule has 1 N–H and O–H groups in total. The average molecular weight is 453 g/mol. The zero-order valence-electron chi connectivity index (χ0n) is 18.9. The number of aryl methyl sites for hydroxylation is 1. The SMILES string of the molecule is Cc1cccc(-n2nc(C(C)(C)C)cc2NC(=O)CN(Cc2ccccc2)C(=O)CCl)c1. The number of carbonyl (C=O) groups excluding carboxylic acids is 2. The van der Waals surface area contributed by atoms with E-state index in [1.54, 1.807) is 4.68 Å². The lowest BCUT2D eigenvalue weighted by atomic mass is 9.92. The van der Waals surface area contributed by atoms with Crippen molar-refractivity contribution in [3.05, 3.63) is 77.5 Å². The van der Waals surface area contributed by atoms with E-state index in [2.05, 4.69) is 26.1 Å². The van der Waals surface area contributed by atoms with Gasteiger partial charge in [-0.15, -0.1) is 11.6 Å². The number of halogens is 1. The van der Waals surface area contributed by atoms with Gasteiger partial charge in [0.05, 0.1) is 11.4 Å². The van der Waals surface area contributed by atoms with Gasteiger partial charge >= 0.3 is 0 Å². The van der Waals surface area contributed by atoms with Crippen molar-refractivity contribution in [3.8, 4) is 5.69 Å². The zero-order valence-corrected chi connectivity index (χ0v) is 19.7. The quantitative estimate of drug-likeness (QED) is 0.529. The molecule has 2 aromatic carbocycles. The summed E-state index contributed by atoms with van der Waals surface area (Å²) < 4.78 is 1.73. The van der Waals surface area contributed by atoms with Crippen LogP contribution in [0.3, 0.4) is 0 Å². The molecular formula is C25H29ClN4O2. The molecule has 6 nitrogen and oxygen atoms in total. The third-order valence-corrected chi connectivity index (χ3v) is 5.24. The molecule has 2 amide bonds. The Morgan fingerprint density at radius 1 is 1.06 bits per heavy atom. The summed E-state index contributed by atoms with van der Waals surface area (Å²) in [5.74, 6) is -0.236. The first kappa shape index (κ1) is 23.5. The molecule has 3 rings (SSSR count). The number of alkyl halides is 1. The van der Waals surface area contributed by atoms with E-state index < -0.39 is 0 Å². The predicted octanol–water partition coefficient (Wildman–Crippen LogP) is 4.68. The molecule has 168 valence electrons. The topological polar surface area (TPSA) is 67.2 Å². The summed E-state index contributed by atoms with van der Waals surface area (Å²) in [6, 6.07) is 19.3. The fourth-order valence-corrected chi connectivity index (χ4v) is 3.44. The van der Waals surface area contributed by atoms with Gasteiger partial charge in [-0.05, 0) is 30.2 Å². The number of rotatable bonds is 7. The molecule has 3 aromatic rings. The van der Waals surface area contributed by atoms with E-state index in [-0.39, 0.29) is 29.7 Å². The summed E-state index contributed by atoms with van der Waals surface area (Å²) in [4.78, 5) is 26.8. The summed E-state index contributed by atoms with van der Waals surface area (Å²) >= 11 is 5.79. The van der Waals surface area contributed by atoms with Crippen LogP contribution in [-0.4, -0.2) is 38.9 Å². The Labute approximate surface area is 194 Å². The van der Waals surface area contributed by atoms with Crippen LogP contribution in [0.5, 0.6) is 0 Å². The third-order valence-electron chi connectivity index (χ3n) is 5.01. The number of carbonyl (C=O) groups is 2. The number of amides is 2. The highest BCUT2D eigenvalue weighted by atomic mass is 35.5. The maximum Gasteiger partial charge on any atom is 0.245 e. The monoisotopic (exact) mass is 452 g/mol. The van der Waals surface area contributed by atoms with Crippen molar-refractivity contribution in [2.75, 3.05) is 17.7 Å². The Morgan fingerprint density at radius 2 is 1.78 bits per heavy atom. The lowest BCUT2D eigenvalue weighted by Gasteiger charge is -2.21. The molecule has 32 heavy (non-hydrogen) atoms. The van der Waals surface area contributed by atoms with Crippen LogP contribution in [0.25, 0.3) is 5.69 Å². The van der Waals surface area contributed by atoms with Crippen molar-refractivity contribution < 1.29 is 9.59 Å². The highest BCUT2D eigenvalue weighted by Crippen LogP contribution is 2.26. The predicted molar refractivity (Wildman–Crippen MR) is 128 cm³/mol. The van der Waals surface area contributed by atoms with E-state index in [4.69, 9.17) is 16.7 Å². The molecule has 0 aliphatic rings. The number of nitrogens with one attached hydrogen (secondary N) is 1. The van der Waals surface area contributed by atoms with Crippen LogP contribution in [0, 0.1) is 6.92 Å². The standard InChI is InChI=1S/C25H29ClN4O2/c1-18-9-8-12-20(13-18)30-22(14-21(28-30)25(2,3)4)27-23(31)17-29(24(32)15-26)16-19-10-6-5-7-11-19/h5-14H,15-17H2,1-4H3,(H,27,31). The Morgan fingerprint density at radius 3 is 2.41 bits per heavy atom. The van der Waals surface area contributed by atoms with Crippen molar-refractivity contribution in [3.63, 3.8) is 0 Å². The van der Waals surface area contributed by atoms with Crippen LogP contribution >= 0.6 is 11.6 Å². The Hall–Kier alpha value is -3.12. The maximum absolute atomic E-state index is 13.0. The smallest absolute Gasteiger partial charge is 0.245 e. The second kappa shape index (κ2) is 10.0. The molecular weight excluding hydrogens is 424 g/mol. The summed E-state index contributed by atoms with van der Waals surface area (Å²) in [6.45, 7) is 8.43. The molecule has 0 aliphatic carbocycles. The van der Waals surface area contributed by atoms with Crippen LogP contribution in [0.4, 0.5) is 5.82 Å². The number of benzene rings is 2. The van der Waals surface area contributed by atoms with Crippen molar-refractivity contribution >= 4 is 29.2 Å². The van der Waals surface area contributed by atoms with Gasteiger partial charge < -0.3 is 10.2 Å². The molecule has 0 saturated carbocycles. The highest BCUT2D eigenvalue weighted by molar-refractivity contribution is 6.27. The van der Waals surface area contributed by atoms with Crippen LogP contribution in [0.15, 0.2) is 60.7 Å². The normalized spacial score (nSPS) is 11.3. The van der Waals surface area contributed by atoms with E-state index in [1.165, 1.54) is 4.90 Å². The molecule has 0 spiro atoms. The molecule has 7 heteroatoms. The van der Waals surface area contributed by atoms with Crippen LogP contribution in [0.1, 0.15) is 37.6 Å². The van der Waals surface area contributed by atoms with Gasteiger partial charge in [-0.1, -0.05) is 63.2 Å². The fourth-order valence-electron chi connectivity index (χ4n) is 3.27. The first-order valence-corrected chi connectivity index (χ1v) is 11.1. The van der Waals surface area contributed by atoms with Gasteiger partial charge in [0, 0.05) is 18.0 Å². The van der Waals surface area contributed by atoms with E-state index in [0.717, 1.165) is 22.5 Å². The van der Waals surface area contributed by atoms with Crippen molar-refractivity contribution in [2.45, 2.75) is 39.7 Å². The van der Waals surface area contributed by atoms with Gasteiger partial charge in [0.1, 0.15) is 18.2 Å². The van der Waals surface area contributed by atoms with E-state index in [0.29, 0.717) is 12.4 Å². The molecule has 0 unspecified atom stereocenters. The molecule has 0 atom stereocenters. The maximum atomic E-state index is 13.0. The number of hydrogen-bond donors (Lipinski definition) is 1. The molecule has 0 fully saturated rings. The summed E-state index contributed by atoms with van der Waals surface area (Å²) in [5, 5.41) is 7.69. The second-order valence-corrected chi connectivity index (χ2v) is 9.10. The average Bonchev–Trinajstić information content (AvgIpc) is 3.17. The lowest BCUT2D eigenvalue weighted by molar-refractivity contribution is -0.133. The zero-order chi connectivity index (χ0) is 23.3. The fraction of sp³-hybridized carbons (Fsp3) is 0.320. The Kier molecular flexibility index (Phi) is 7.36. The molecule has 0 bridgehead atoms. The molecule has 0 saturated heterocycles. The molecule has 1 aromatic heterocycles. The number of nitrogens with zero attached hydrogens (tertiary/aromatic N) is 3. The minimum atomic E-state index is -0.311. The van der Waals surface area contributed by atoms with Crippen molar-refractivity contribution in [2.24, 2.45) is 0 Å². The summed E-state index contributed by atoms with van der Waals surface area (Å²) in [5.41, 5.74) is 3.54. The second-order valence-electron chi connectivity index (χ2n) is 8.83. The minimum Gasteiger partial charge on any atom is -0.328 e. The van der Waals surface area contributed by atoms with Crippen molar-refractivity contribution in [1.29, 1.82) is 0 Å². The third kappa shape index (κ3) is 5.98. The largest absolute Gasteiger partial charge is 0.328 e. The first-order valence-electron chi connectivity index (χ1n) is 10.5. The van der Waals surface area contributed by atoms with Crippen LogP contribution in [-0.2, 0) is 21.5 Å². The summed E-state index contributed by atoms with van der Waals surface area (Å²) in [6.07, 6.45) is 0. The molecule has 0 aliphatic heterocycles. The Bertz CT molecular complexity index is 1090. The van der Waals surface area contributed by atoms with Gasteiger partial charge in [0.15, 0.2) is 0 Å². The molecule has 0 radical (unpaired) electrons. The van der Waals surface area contributed by atoms with Gasteiger partial charge in [0.25, 0.3) is 0 Å². The molecule has 1 heterocycles. The Balaban J connectivity index is 1.85. The van der Waals surface area contributed by atoms with E-state index >= 15 is 0 Å².